The number of carbonyl (C=O) groups is 1. The van der Waals surface area contributed by atoms with Gasteiger partial charge in [-0.05, 0) is 44.0 Å². The van der Waals surface area contributed by atoms with E-state index in [-0.39, 0.29) is 5.91 Å². The summed E-state index contributed by atoms with van der Waals surface area (Å²) in [5.41, 5.74) is 4.30. The number of hydrogen-bond acceptors (Lipinski definition) is 2. The van der Waals surface area contributed by atoms with E-state index in [0.29, 0.717) is 6.04 Å². The Kier molecular flexibility index (Phi) is 3.72. The van der Waals surface area contributed by atoms with Crippen LogP contribution in [0.3, 0.4) is 0 Å². The molecule has 3 rings (SSSR count). The molecule has 21 heavy (non-hydrogen) atoms. The van der Waals surface area contributed by atoms with Gasteiger partial charge in [-0.1, -0.05) is 6.92 Å². The average molecular weight is 285 g/mol. The number of aromatic nitrogens is 1. The molecule has 0 spiro atoms. The van der Waals surface area contributed by atoms with E-state index in [1.54, 1.807) is 0 Å². The smallest absolute Gasteiger partial charge is 0.253 e. The minimum atomic E-state index is 0.148. The van der Waals surface area contributed by atoms with E-state index >= 15 is 0 Å². The van der Waals surface area contributed by atoms with Gasteiger partial charge in [-0.2, -0.15) is 0 Å². The number of carbonyl (C=O) groups excluding carboxylic acids is 1. The predicted octanol–water partition coefficient (Wildman–Crippen LogP) is 2.61. The molecule has 2 heterocycles. The highest BCUT2D eigenvalue weighted by atomic mass is 16.2. The predicted molar refractivity (Wildman–Crippen MR) is 85.8 cm³/mol. The Labute approximate surface area is 125 Å². The number of rotatable bonds is 2. The number of piperazine rings is 1. The minimum Gasteiger partial charge on any atom is -0.358 e. The Morgan fingerprint density at radius 1 is 1.38 bits per heavy atom. The fraction of sp³-hybridized carbons (Fsp3) is 0.471. The van der Waals surface area contributed by atoms with Gasteiger partial charge in [0.25, 0.3) is 5.91 Å². The maximum Gasteiger partial charge on any atom is 0.253 e. The molecule has 1 aromatic carbocycles. The zero-order valence-electron chi connectivity index (χ0n) is 13.0. The third-order valence-electron chi connectivity index (χ3n) is 4.59. The number of fused-ring (bicyclic) bond motifs is 1. The first-order valence-electron chi connectivity index (χ1n) is 7.71. The van der Waals surface area contributed by atoms with E-state index in [9.17, 15) is 4.79 Å². The normalized spacial score (nSPS) is 19.2. The molecule has 1 saturated heterocycles. The molecule has 4 heteroatoms. The van der Waals surface area contributed by atoms with Crippen molar-refractivity contribution in [3.8, 4) is 0 Å². The van der Waals surface area contributed by atoms with Gasteiger partial charge in [-0.3, -0.25) is 4.79 Å². The Morgan fingerprint density at radius 3 is 2.95 bits per heavy atom. The van der Waals surface area contributed by atoms with Gasteiger partial charge in [-0.25, -0.2) is 0 Å². The van der Waals surface area contributed by atoms with Crippen LogP contribution < -0.4 is 5.32 Å². The van der Waals surface area contributed by atoms with Crippen LogP contribution in [0.1, 0.15) is 35.0 Å². The van der Waals surface area contributed by atoms with E-state index in [2.05, 4.69) is 31.1 Å². The van der Waals surface area contributed by atoms with Crippen LogP contribution in [0.5, 0.6) is 0 Å². The number of benzene rings is 1. The highest BCUT2D eigenvalue weighted by molar-refractivity contribution is 5.99. The molecule has 0 bridgehead atoms. The lowest BCUT2D eigenvalue weighted by molar-refractivity contribution is 0.0702. The maximum absolute atomic E-state index is 12.7. The number of aryl methyl sites for hydroxylation is 2. The summed E-state index contributed by atoms with van der Waals surface area (Å²) in [7, 11) is 0. The van der Waals surface area contributed by atoms with E-state index in [4.69, 9.17) is 0 Å². The van der Waals surface area contributed by atoms with Gasteiger partial charge in [0.05, 0.1) is 0 Å². The fourth-order valence-electron chi connectivity index (χ4n) is 3.06. The lowest BCUT2D eigenvalue weighted by Crippen LogP contribution is -2.52. The van der Waals surface area contributed by atoms with Crippen molar-refractivity contribution in [2.45, 2.75) is 33.2 Å². The minimum absolute atomic E-state index is 0.148. The van der Waals surface area contributed by atoms with Crippen molar-refractivity contribution in [1.82, 2.24) is 15.2 Å². The quantitative estimate of drug-likeness (QED) is 0.891. The Balaban J connectivity index is 1.89. The monoisotopic (exact) mass is 285 g/mol. The summed E-state index contributed by atoms with van der Waals surface area (Å²) >= 11 is 0. The van der Waals surface area contributed by atoms with Crippen LogP contribution in [0, 0.1) is 13.8 Å². The van der Waals surface area contributed by atoms with E-state index in [1.165, 1.54) is 11.3 Å². The number of nitrogens with zero attached hydrogens (tertiary/aromatic N) is 1. The van der Waals surface area contributed by atoms with Crippen molar-refractivity contribution in [3.63, 3.8) is 0 Å². The van der Waals surface area contributed by atoms with Crippen molar-refractivity contribution in [2.75, 3.05) is 19.6 Å². The van der Waals surface area contributed by atoms with Gasteiger partial charge < -0.3 is 15.2 Å². The second-order valence-corrected chi connectivity index (χ2v) is 5.95. The third kappa shape index (κ3) is 2.56. The molecule has 4 nitrogen and oxygen atoms in total. The topological polar surface area (TPSA) is 48.1 Å². The second kappa shape index (κ2) is 5.53. The molecule has 0 aliphatic carbocycles. The van der Waals surface area contributed by atoms with Gasteiger partial charge in [0.15, 0.2) is 0 Å². The second-order valence-electron chi connectivity index (χ2n) is 5.95. The van der Waals surface area contributed by atoms with Gasteiger partial charge in [0.1, 0.15) is 0 Å². The SMILES string of the molecule is CC[C@@H]1CN(C(=O)c2ccc3[nH]c(C)c(C)c3c2)CCN1. The van der Waals surface area contributed by atoms with Crippen LogP contribution in [0.15, 0.2) is 18.2 Å². The van der Waals surface area contributed by atoms with E-state index < -0.39 is 0 Å². The fourth-order valence-corrected chi connectivity index (χ4v) is 3.06. The van der Waals surface area contributed by atoms with Crippen LogP contribution in [0.25, 0.3) is 10.9 Å². The number of amides is 1. The molecule has 0 radical (unpaired) electrons. The Bertz CT molecular complexity index is 674. The van der Waals surface area contributed by atoms with Crippen molar-refractivity contribution in [2.24, 2.45) is 0 Å². The average Bonchev–Trinajstić information content (AvgIpc) is 2.81. The summed E-state index contributed by atoms with van der Waals surface area (Å²) in [4.78, 5) is 18.0. The van der Waals surface area contributed by atoms with Gasteiger partial charge in [0.2, 0.25) is 0 Å². The zero-order valence-corrected chi connectivity index (χ0v) is 13.0. The molecular weight excluding hydrogens is 262 g/mol. The summed E-state index contributed by atoms with van der Waals surface area (Å²) < 4.78 is 0. The molecule has 0 unspecified atom stereocenters. The molecule has 1 atom stereocenters. The van der Waals surface area contributed by atoms with Crippen LogP contribution in [0.4, 0.5) is 0 Å². The first-order valence-corrected chi connectivity index (χ1v) is 7.71. The summed E-state index contributed by atoms with van der Waals surface area (Å²) in [5, 5.41) is 4.60. The number of hydrogen-bond donors (Lipinski definition) is 2. The molecule has 0 saturated carbocycles. The molecule has 2 N–H and O–H groups in total. The standard InChI is InChI=1S/C17H23N3O/c1-4-14-10-20(8-7-18-14)17(21)13-5-6-16-15(9-13)11(2)12(3)19-16/h5-6,9,14,18-19H,4,7-8,10H2,1-3H3/t14-/m1/s1. The van der Waals surface area contributed by atoms with Crippen LogP contribution >= 0.6 is 0 Å². The molecule has 112 valence electrons. The van der Waals surface area contributed by atoms with Gasteiger partial charge in [-0.15, -0.1) is 0 Å². The lowest BCUT2D eigenvalue weighted by Gasteiger charge is -2.33. The van der Waals surface area contributed by atoms with Crippen LogP contribution in [-0.4, -0.2) is 41.5 Å². The van der Waals surface area contributed by atoms with E-state index in [1.807, 2.05) is 23.1 Å². The van der Waals surface area contributed by atoms with Gasteiger partial charge >= 0.3 is 0 Å². The maximum atomic E-state index is 12.7. The first-order chi connectivity index (χ1) is 10.1. The van der Waals surface area contributed by atoms with Gasteiger partial charge in [0, 0.05) is 47.8 Å². The lowest BCUT2D eigenvalue weighted by atomic mass is 10.1. The molecule has 1 aliphatic heterocycles. The summed E-state index contributed by atoms with van der Waals surface area (Å²) in [5.74, 6) is 0.148. The Morgan fingerprint density at radius 2 is 2.19 bits per heavy atom. The molecule has 1 amide bonds. The molecular formula is C17H23N3O. The van der Waals surface area contributed by atoms with Crippen molar-refractivity contribution in [3.05, 3.63) is 35.0 Å². The highest BCUT2D eigenvalue weighted by Crippen LogP contribution is 2.23. The number of H-pyrrole nitrogens is 1. The summed E-state index contributed by atoms with van der Waals surface area (Å²) in [6, 6.07) is 6.40. The largest absolute Gasteiger partial charge is 0.358 e. The van der Waals surface area contributed by atoms with Crippen molar-refractivity contribution < 1.29 is 4.79 Å². The van der Waals surface area contributed by atoms with Crippen molar-refractivity contribution >= 4 is 16.8 Å². The zero-order chi connectivity index (χ0) is 15.0. The first kappa shape index (κ1) is 14.1. The third-order valence-corrected chi connectivity index (χ3v) is 4.59. The van der Waals surface area contributed by atoms with Crippen LogP contribution in [-0.2, 0) is 0 Å². The Hall–Kier alpha value is -1.81. The molecule has 1 fully saturated rings. The number of aromatic amines is 1. The molecule has 1 aliphatic rings. The summed E-state index contributed by atoms with van der Waals surface area (Å²) in [6.45, 7) is 8.80. The van der Waals surface area contributed by atoms with Crippen LogP contribution in [0.2, 0.25) is 0 Å². The summed E-state index contributed by atoms with van der Waals surface area (Å²) in [6.07, 6.45) is 1.05. The van der Waals surface area contributed by atoms with Crippen molar-refractivity contribution in [1.29, 1.82) is 0 Å². The molecule has 2 aromatic rings. The highest BCUT2D eigenvalue weighted by Gasteiger charge is 2.23. The number of nitrogens with one attached hydrogen (secondary N) is 2. The molecule has 1 aromatic heterocycles. The van der Waals surface area contributed by atoms with E-state index in [0.717, 1.165) is 42.5 Å².